The fourth-order valence-corrected chi connectivity index (χ4v) is 4.31. The lowest BCUT2D eigenvalue weighted by Crippen LogP contribution is -2.34. The van der Waals surface area contributed by atoms with Gasteiger partial charge in [0.15, 0.2) is 0 Å². The van der Waals surface area contributed by atoms with Gasteiger partial charge in [-0.15, -0.1) is 0 Å². The summed E-state index contributed by atoms with van der Waals surface area (Å²) in [5, 5.41) is 20.0. The highest BCUT2D eigenvalue weighted by atomic mass is 35.5. The summed E-state index contributed by atoms with van der Waals surface area (Å²) in [6.45, 7) is 2.05. The van der Waals surface area contributed by atoms with Gasteiger partial charge in [-0.25, -0.2) is 4.98 Å². The van der Waals surface area contributed by atoms with E-state index in [-0.39, 0.29) is 12.1 Å². The van der Waals surface area contributed by atoms with Gasteiger partial charge in [-0.2, -0.15) is 10.1 Å². The Balaban J connectivity index is 1.29. The van der Waals surface area contributed by atoms with Crippen molar-refractivity contribution in [3.63, 3.8) is 0 Å². The summed E-state index contributed by atoms with van der Waals surface area (Å²) in [5.41, 5.74) is 1.85. The van der Waals surface area contributed by atoms with Crippen LogP contribution in [0.4, 0.5) is 5.95 Å². The van der Waals surface area contributed by atoms with Gasteiger partial charge in [-0.3, -0.25) is 4.68 Å². The summed E-state index contributed by atoms with van der Waals surface area (Å²) in [7, 11) is 0. The van der Waals surface area contributed by atoms with Crippen molar-refractivity contribution in [1.29, 1.82) is 0 Å². The van der Waals surface area contributed by atoms with Crippen LogP contribution in [-0.2, 0) is 13.1 Å². The molecule has 0 atom stereocenters. The molecule has 0 bridgehead atoms. The predicted octanol–water partition coefficient (Wildman–Crippen LogP) is 2.65. The number of hydrogen-bond acceptors (Lipinski definition) is 7. The van der Waals surface area contributed by atoms with E-state index in [1.54, 1.807) is 6.20 Å². The van der Waals surface area contributed by atoms with E-state index in [4.69, 9.17) is 16.1 Å². The second-order valence-electron chi connectivity index (χ2n) is 7.61. The average Bonchev–Trinajstić information content (AvgIpc) is 3.43. The molecule has 0 radical (unpaired) electrons. The van der Waals surface area contributed by atoms with Gasteiger partial charge in [0.1, 0.15) is 11.0 Å². The molecule has 0 amide bonds. The molecule has 1 N–H and O–H groups in total. The van der Waals surface area contributed by atoms with Gasteiger partial charge in [-0.05, 0) is 30.1 Å². The lowest BCUT2D eigenvalue weighted by Gasteiger charge is -2.31. The minimum atomic E-state index is -0.226. The van der Waals surface area contributed by atoms with Crippen LogP contribution in [0.5, 0.6) is 0 Å². The molecule has 1 saturated carbocycles. The molecule has 4 heterocycles. The maximum atomic E-state index is 9.62. The monoisotopic (exact) mass is 411 g/mol. The highest BCUT2D eigenvalue weighted by molar-refractivity contribution is 6.29. The van der Waals surface area contributed by atoms with Crippen molar-refractivity contribution >= 4 is 28.5 Å². The number of halogens is 1. The highest BCUT2D eigenvalue weighted by Crippen LogP contribution is 2.35. The number of aromatic nitrogens is 6. The van der Waals surface area contributed by atoms with Gasteiger partial charge >= 0.3 is 0 Å². The van der Waals surface area contributed by atoms with Gasteiger partial charge in [0, 0.05) is 24.0 Å². The zero-order valence-corrected chi connectivity index (χ0v) is 16.2. The number of aliphatic hydroxyl groups is 1. The molecule has 1 aliphatic carbocycles. The lowest BCUT2D eigenvalue weighted by atomic mass is 9.89. The molecule has 3 aromatic heterocycles. The maximum Gasteiger partial charge on any atom is 0.266 e. The number of hydrogen-bond donors (Lipinski definition) is 1. The van der Waals surface area contributed by atoms with Crippen LogP contribution in [-0.4, -0.2) is 47.2 Å². The third kappa shape index (κ3) is 2.72. The van der Waals surface area contributed by atoms with Crippen molar-refractivity contribution < 1.29 is 9.63 Å². The Morgan fingerprint density at radius 2 is 2.07 bits per heavy atom. The van der Waals surface area contributed by atoms with Crippen LogP contribution in [0, 0.1) is 0 Å². The van der Waals surface area contributed by atoms with Gasteiger partial charge in [0.05, 0.1) is 36.6 Å². The Hall–Kier alpha value is -2.91. The summed E-state index contributed by atoms with van der Waals surface area (Å²) in [5.74, 6) is 1.90. The van der Waals surface area contributed by atoms with Crippen molar-refractivity contribution in [3.8, 4) is 11.5 Å². The first-order valence-electron chi connectivity index (χ1n) is 9.60. The molecule has 10 heteroatoms. The van der Waals surface area contributed by atoms with Crippen LogP contribution in [0.3, 0.4) is 0 Å². The first-order valence-corrected chi connectivity index (χ1v) is 9.98. The molecule has 6 rings (SSSR count). The number of anilines is 1. The number of benzene rings is 1. The molecule has 0 saturated heterocycles. The molecule has 0 spiro atoms. The molecule has 2 aliphatic rings. The molecule has 1 fully saturated rings. The Labute approximate surface area is 170 Å². The van der Waals surface area contributed by atoms with E-state index in [2.05, 4.69) is 20.2 Å². The van der Waals surface area contributed by atoms with Crippen LogP contribution in [0.2, 0.25) is 5.15 Å². The summed E-state index contributed by atoms with van der Waals surface area (Å²) in [6, 6.07) is 6.23. The standard InChI is InChI=1S/C19H18ClN7O2/c20-16-9-21-17-10-25(3-4-26(16)17)19-23-18(29-24-19)11-1-2-12-8-22-27(15(12)5-11)13-6-14(28)7-13/h1-2,5,8-9,13-14,28H,3-4,6-7,10H2. The third-order valence-electron chi connectivity index (χ3n) is 5.79. The Morgan fingerprint density at radius 1 is 1.17 bits per heavy atom. The van der Waals surface area contributed by atoms with Gasteiger partial charge in [0.25, 0.3) is 11.8 Å². The first kappa shape index (κ1) is 17.0. The van der Waals surface area contributed by atoms with E-state index in [1.807, 2.05) is 38.5 Å². The van der Waals surface area contributed by atoms with Crippen LogP contribution >= 0.6 is 11.6 Å². The van der Waals surface area contributed by atoms with Crippen molar-refractivity contribution in [1.82, 2.24) is 29.5 Å². The Morgan fingerprint density at radius 3 is 2.93 bits per heavy atom. The number of rotatable bonds is 3. The van der Waals surface area contributed by atoms with E-state index in [0.29, 0.717) is 23.5 Å². The number of fused-ring (bicyclic) bond motifs is 2. The van der Waals surface area contributed by atoms with Gasteiger partial charge < -0.3 is 19.1 Å². The molecular weight excluding hydrogens is 394 g/mol. The van der Waals surface area contributed by atoms with Crippen LogP contribution in [0.15, 0.2) is 35.1 Å². The maximum absolute atomic E-state index is 9.62. The van der Waals surface area contributed by atoms with Crippen molar-refractivity contribution in [3.05, 3.63) is 41.6 Å². The lowest BCUT2D eigenvalue weighted by molar-refractivity contribution is 0.0453. The van der Waals surface area contributed by atoms with E-state index in [1.165, 1.54) is 0 Å². The van der Waals surface area contributed by atoms with E-state index >= 15 is 0 Å². The van der Waals surface area contributed by atoms with Crippen LogP contribution in [0.25, 0.3) is 22.4 Å². The van der Waals surface area contributed by atoms with Crippen molar-refractivity contribution in [2.45, 2.75) is 38.1 Å². The zero-order valence-electron chi connectivity index (χ0n) is 15.4. The average molecular weight is 412 g/mol. The predicted molar refractivity (Wildman–Crippen MR) is 106 cm³/mol. The minimum Gasteiger partial charge on any atom is -0.393 e. The molecule has 1 aromatic carbocycles. The Bertz CT molecular complexity index is 1210. The van der Waals surface area contributed by atoms with E-state index < -0.39 is 0 Å². The van der Waals surface area contributed by atoms with Gasteiger partial charge in [0.2, 0.25) is 0 Å². The van der Waals surface area contributed by atoms with E-state index in [9.17, 15) is 5.11 Å². The normalized spacial score (nSPS) is 21.4. The molecule has 29 heavy (non-hydrogen) atoms. The SMILES string of the molecule is OC1CC(n2ncc3ccc(-c4nc(N5CCn6c(Cl)cnc6C5)no4)cc32)C1. The Kier molecular flexibility index (Phi) is 3.69. The minimum absolute atomic E-state index is 0.226. The number of nitrogens with zero attached hydrogens (tertiary/aromatic N) is 7. The second kappa shape index (κ2) is 6.30. The topological polar surface area (TPSA) is 98.0 Å². The number of imidazole rings is 1. The molecule has 4 aromatic rings. The quantitative estimate of drug-likeness (QED) is 0.553. The molecule has 9 nitrogen and oxygen atoms in total. The zero-order chi connectivity index (χ0) is 19.5. The second-order valence-corrected chi connectivity index (χ2v) is 8.00. The molecule has 148 valence electrons. The summed E-state index contributed by atoms with van der Waals surface area (Å²) in [6.07, 6.45) is 4.77. The summed E-state index contributed by atoms with van der Waals surface area (Å²) >= 11 is 6.14. The first-order chi connectivity index (χ1) is 14.2. The van der Waals surface area contributed by atoms with Crippen LogP contribution in [0.1, 0.15) is 24.7 Å². The smallest absolute Gasteiger partial charge is 0.266 e. The summed E-state index contributed by atoms with van der Waals surface area (Å²) in [4.78, 5) is 11.0. The molecular formula is C19H18ClN7O2. The van der Waals surface area contributed by atoms with Gasteiger partial charge in [-0.1, -0.05) is 17.7 Å². The molecule has 1 aliphatic heterocycles. The largest absolute Gasteiger partial charge is 0.393 e. The van der Waals surface area contributed by atoms with E-state index in [0.717, 1.165) is 48.2 Å². The van der Waals surface area contributed by atoms with Crippen molar-refractivity contribution in [2.24, 2.45) is 0 Å². The third-order valence-corrected chi connectivity index (χ3v) is 6.09. The fraction of sp³-hybridized carbons (Fsp3) is 0.368. The van der Waals surface area contributed by atoms with Crippen molar-refractivity contribution in [2.75, 3.05) is 11.4 Å². The number of aliphatic hydroxyl groups excluding tert-OH is 1. The molecule has 0 unspecified atom stereocenters. The summed E-state index contributed by atoms with van der Waals surface area (Å²) < 4.78 is 9.53. The highest BCUT2D eigenvalue weighted by Gasteiger charge is 2.30. The fourth-order valence-electron chi connectivity index (χ4n) is 4.08. The van der Waals surface area contributed by atoms with Crippen LogP contribution < -0.4 is 4.90 Å².